The highest BCUT2D eigenvalue weighted by atomic mass is 16.5. The number of nitriles is 1. The third-order valence-corrected chi connectivity index (χ3v) is 5.25. The van der Waals surface area contributed by atoms with Crippen LogP contribution in [0.15, 0.2) is 45.4 Å². The number of rotatable bonds is 8. The lowest BCUT2D eigenvalue weighted by Crippen LogP contribution is -2.48. The summed E-state index contributed by atoms with van der Waals surface area (Å²) >= 11 is 0. The van der Waals surface area contributed by atoms with Gasteiger partial charge in [-0.3, -0.25) is 4.79 Å². The molecule has 3 heterocycles. The summed E-state index contributed by atoms with van der Waals surface area (Å²) in [5.74, 6) is 2.25. The highest BCUT2D eigenvalue weighted by Crippen LogP contribution is 2.31. The zero-order valence-corrected chi connectivity index (χ0v) is 18.7. The molecule has 0 radical (unpaired) electrons. The van der Waals surface area contributed by atoms with Gasteiger partial charge in [0.25, 0.3) is 11.8 Å². The van der Waals surface area contributed by atoms with Crippen LogP contribution >= 0.6 is 0 Å². The maximum absolute atomic E-state index is 13.1. The molecule has 0 N–H and O–H groups in total. The van der Waals surface area contributed by atoms with Crippen molar-refractivity contribution in [3.63, 3.8) is 0 Å². The predicted octanol–water partition coefficient (Wildman–Crippen LogP) is 3.96. The van der Waals surface area contributed by atoms with Gasteiger partial charge in [-0.1, -0.05) is 6.92 Å². The lowest BCUT2D eigenvalue weighted by atomic mass is 10.1. The summed E-state index contributed by atoms with van der Waals surface area (Å²) in [6.07, 6.45) is 2.41. The van der Waals surface area contributed by atoms with Gasteiger partial charge in [0.15, 0.2) is 17.3 Å². The predicted molar refractivity (Wildman–Crippen MR) is 120 cm³/mol. The second kappa shape index (κ2) is 10.1. The molecule has 1 saturated heterocycles. The first-order chi connectivity index (χ1) is 16.1. The molecule has 0 aliphatic carbocycles. The van der Waals surface area contributed by atoms with E-state index in [1.807, 2.05) is 18.7 Å². The summed E-state index contributed by atoms with van der Waals surface area (Å²) in [6.45, 7) is 7.01. The minimum atomic E-state index is -0.0769. The minimum Gasteiger partial charge on any atom is -0.490 e. The van der Waals surface area contributed by atoms with Crippen LogP contribution in [0.25, 0.3) is 11.7 Å². The number of amides is 1. The molecule has 33 heavy (non-hydrogen) atoms. The molecule has 9 nitrogen and oxygen atoms in total. The number of hydrogen-bond acceptors (Lipinski definition) is 8. The molecule has 0 atom stereocenters. The molecular weight excluding hydrogens is 424 g/mol. The molecule has 3 aromatic rings. The van der Waals surface area contributed by atoms with Crippen LogP contribution in [-0.4, -0.2) is 55.2 Å². The molecule has 1 aromatic carbocycles. The van der Waals surface area contributed by atoms with E-state index in [9.17, 15) is 10.1 Å². The van der Waals surface area contributed by atoms with E-state index in [4.69, 9.17) is 18.3 Å². The van der Waals surface area contributed by atoms with Crippen molar-refractivity contribution in [2.24, 2.45) is 0 Å². The van der Waals surface area contributed by atoms with Gasteiger partial charge in [-0.2, -0.15) is 10.2 Å². The first-order valence-corrected chi connectivity index (χ1v) is 11.0. The molecule has 0 bridgehead atoms. The Morgan fingerprint density at radius 1 is 1.15 bits per heavy atom. The number of aromatic nitrogens is 1. The molecule has 2 aromatic heterocycles. The number of ether oxygens (including phenoxy) is 2. The summed E-state index contributed by atoms with van der Waals surface area (Å²) < 4.78 is 22.6. The van der Waals surface area contributed by atoms with Crippen LogP contribution in [0.4, 0.5) is 5.88 Å². The van der Waals surface area contributed by atoms with E-state index >= 15 is 0 Å². The molecule has 9 heteroatoms. The summed E-state index contributed by atoms with van der Waals surface area (Å²) in [5.41, 5.74) is 0.749. The van der Waals surface area contributed by atoms with Gasteiger partial charge in [-0.25, -0.2) is 0 Å². The molecule has 172 valence electrons. The molecule has 1 fully saturated rings. The van der Waals surface area contributed by atoms with E-state index in [1.54, 1.807) is 35.2 Å². The van der Waals surface area contributed by atoms with Crippen LogP contribution in [0.2, 0.25) is 0 Å². The molecule has 0 unspecified atom stereocenters. The van der Waals surface area contributed by atoms with E-state index < -0.39 is 0 Å². The first-order valence-electron chi connectivity index (χ1n) is 11.0. The molecule has 0 saturated carbocycles. The van der Waals surface area contributed by atoms with Gasteiger partial charge in [0, 0.05) is 31.7 Å². The van der Waals surface area contributed by atoms with E-state index in [-0.39, 0.29) is 17.5 Å². The van der Waals surface area contributed by atoms with Crippen molar-refractivity contribution >= 4 is 11.8 Å². The molecule has 1 aliphatic heterocycles. The normalized spacial score (nSPS) is 13.6. The Hall–Kier alpha value is -3.93. The lowest BCUT2D eigenvalue weighted by Gasteiger charge is -2.34. The third kappa shape index (κ3) is 4.80. The van der Waals surface area contributed by atoms with Crippen molar-refractivity contribution in [3.05, 3.63) is 47.9 Å². The second-order valence-electron chi connectivity index (χ2n) is 7.48. The second-order valence-corrected chi connectivity index (χ2v) is 7.48. The molecule has 4 rings (SSSR count). The van der Waals surface area contributed by atoms with Crippen LogP contribution in [0.5, 0.6) is 11.5 Å². The monoisotopic (exact) mass is 450 g/mol. The number of anilines is 1. The fourth-order valence-electron chi connectivity index (χ4n) is 3.64. The number of piperazine rings is 1. The maximum Gasteiger partial charge on any atom is 0.266 e. The summed E-state index contributed by atoms with van der Waals surface area (Å²) in [5, 5.41) is 9.48. The highest BCUT2D eigenvalue weighted by molar-refractivity contribution is 5.95. The van der Waals surface area contributed by atoms with Gasteiger partial charge in [0.05, 0.1) is 19.5 Å². The van der Waals surface area contributed by atoms with Crippen molar-refractivity contribution in [3.8, 4) is 29.2 Å². The Morgan fingerprint density at radius 3 is 2.64 bits per heavy atom. The highest BCUT2D eigenvalue weighted by Gasteiger charge is 2.28. The Bertz CT molecular complexity index is 1120. The zero-order chi connectivity index (χ0) is 23.2. The van der Waals surface area contributed by atoms with Gasteiger partial charge >= 0.3 is 0 Å². The van der Waals surface area contributed by atoms with Crippen molar-refractivity contribution < 1.29 is 23.1 Å². The van der Waals surface area contributed by atoms with Gasteiger partial charge in [0.2, 0.25) is 11.6 Å². The number of carbonyl (C=O) groups is 1. The lowest BCUT2D eigenvalue weighted by molar-refractivity contribution is 0.0744. The van der Waals surface area contributed by atoms with Crippen LogP contribution in [-0.2, 0) is 0 Å². The Morgan fingerprint density at radius 2 is 1.97 bits per heavy atom. The van der Waals surface area contributed by atoms with Gasteiger partial charge in [-0.15, -0.1) is 0 Å². The van der Waals surface area contributed by atoms with E-state index in [0.717, 1.165) is 6.42 Å². The van der Waals surface area contributed by atoms with E-state index in [2.05, 4.69) is 11.1 Å². The third-order valence-electron chi connectivity index (χ3n) is 5.25. The van der Waals surface area contributed by atoms with Crippen molar-refractivity contribution in [1.29, 1.82) is 5.26 Å². The Kier molecular flexibility index (Phi) is 6.83. The van der Waals surface area contributed by atoms with E-state index in [0.29, 0.717) is 68.1 Å². The SMILES string of the molecule is CCCOc1ccc(C(=O)N2CCN(c3oc(-c4ccco4)nc3C#N)CC2)cc1OCC. The van der Waals surface area contributed by atoms with Crippen LogP contribution < -0.4 is 14.4 Å². The van der Waals surface area contributed by atoms with Crippen LogP contribution in [0.3, 0.4) is 0 Å². The average molecular weight is 450 g/mol. The zero-order valence-electron chi connectivity index (χ0n) is 18.7. The number of carbonyl (C=O) groups excluding carboxylic acids is 1. The largest absolute Gasteiger partial charge is 0.490 e. The average Bonchev–Trinajstić information content (AvgIpc) is 3.53. The summed E-state index contributed by atoms with van der Waals surface area (Å²) in [6, 6.07) is 10.8. The van der Waals surface area contributed by atoms with Crippen molar-refractivity contribution in [1.82, 2.24) is 9.88 Å². The minimum absolute atomic E-state index is 0.0769. The molecule has 0 spiro atoms. The number of benzene rings is 1. The van der Waals surface area contributed by atoms with Crippen LogP contribution in [0.1, 0.15) is 36.3 Å². The van der Waals surface area contributed by atoms with E-state index in [1.165, 1.54) is 6.26 Å². The fraction of sp³-hybridized carbons (Fsp3) is 0.375. The quantitative estimate of drug-likeness (QED) is 0.508. The molecule has 1 aliphatic rings. The van der Waals surface area contributed by atoms with Crippen molar-refractivity contribution in [2.75, 3.05) is 44.3 Å². The van der Waals surface area contributed by atoms with Gasteiger partial charge < -0.3 is 28.1 Å². The van der Waals surface area contributed by atoms with Crippen LogP contribution in [0, 0.1) is 11.3 Å². The Balaban J connectivity index is 1.44. The molecular formula is C24H26N4O5. The standard InChI is InChI=1S/C24H26N4O5/c1-3-13-31-19-8-7-17(15-21(19)30-4-2)23(29)27-9-11-28(12-10-27)24-18(16-25)26-22(33-24)20-6-5-14-32-20/h5-8,14-15H,3-4,9-13H2,1-2H3. The topological polar surface area (TPSA) is 105 Å². The molecule has 1 amide bonds. The number of furan rings is 1. The number of oxazole rings is 1. The smallest absolute Gasteiger partial charge is 0.266 e. The number of nitrogens with zero attached hydrogens (tertiary/aromatic N) is 4. The Labute approximate surface area is 192 Å². The first kappa shape index (κ1) is 22.3. The van der Waals surface area contributed by atoms with Gasteiger partial charge in [0.1, 0.15) is 6.07 Å². The number of hydrogen-bond donors (Lipinski definition) is 0. The summed E-state index contributed by atoms with van der Waals surface area (Å²) in [7, 11) is 0. The van der Waals surface area contributed by atoms with Gasteiger partial charge in [-0.05, 0) is 43.7 Å². The summed E-state index contributed by atoms with van der Waals surface area (Å²) in [4.78, 5) is 21.1. The fourth-order valence-corrected chi connectivity index (χ4v) is 3.64. The van der Waals surface area contributed by atoms with Crippen molar-refractivity contribution in [2.45, 2.75) is 20.3 Å². The maximum atomic E-state index is 13.1.